The van der Waals surface area contributed by atoms with E-state index in [1.54, 1.807) is 7.11 Å². The summed E-state index contributed by atoms with van der Waals surface area (Å²) in [6.45, 7) is 2.38. The predicted octanol–water partition coefficient (Wildman–Crippen LogP) is 1.36. The van der Waals surface area contributed by atoms with Crippen molar-refractivity contribution in [3.8, 4) is 5.75 Å². The summed E-state index contributed by atoms with van der Waals surface area (Å²) in [6, 6.07) is 7.33. The van der Waals surface area contributed by atoms with Crippen LogP contribution in [0.3, 0.4) is 0 Å². The van der Waals surface area contributed by atoms with E-state index in [9.17, 15) is 9.90 Å². The van der Waals surface area contributed by atoms with Gasteiger partial charge in [0.2, 0.25) is 0 Å². The first kappa shape index (κ1) is 16.5. The molecule has 3 N–H and O–H groups in total. The van der Waals surface area contributed by atoms with E-state index in [0.717, 1.165) is 17.7 Å². The SMILES string of the molecule is COc1ccccc1CC(C)N(C)C(CCN)C(=O)O. The molecule has 0 fully saturated rings. The van der Waals surface area contributed by atoms with Gasteiger partial charge in [-0.25, -0.2) is 0 Å². The number of para-hydroxylation sites is 1. The fraction of sp³-hybridized carbons (Fsp3) is 0.533. The molecule has 0 saturated heterocycles. The van der Waals surface area contributed by atoms with E-state index in [2.05, 4.69) is 0 Å². The number of hydrogen-bond donors (Lipinski definition) is 2. The fourth-order valence-corrected chi connectivity index (χ4v) is 2.30. The third kappa shape index (κ3) is 4.21. The first-order valence-corrected chi connectivity index (χ1v) is 6.78. The molecular formula is C15H24N2O3. The van der Waals surface area contributed by atoms with E-state index in [0.29, 0.717) is 13.0 Å². The Bertz CT molecular complexity index is 437. The monoisotopic (exact) mass is 280 g/mol. The normalized spacial score (nSPS) is 14.1. The maximum absolute atomic E-state index is 11.3. The molecule has 5 nitrogen and oxygen atoms in total. The van der Waals surface area contributed by atoms with Gasteiger partial charge in [0.25, 0.3) is 0 Å². The van der Waals surface area contributed by atoms with Crippen LogP contribution in [-0.4, -0.2) is 48.8 Å². The molecule has 0 saturated carbocycles. The smallest absolute Gasteiger partial charge is 0.320 e. The first-order valence-electron chi connectivity index (χ1n) is 6.78. The number of ether oxygens (including phenoxy) is 1. The third-order valence-electron chi connectivity index (χ3n) is 3.62. The Morgan fingerprint density at radius 2 is 2.10 bits per heavy atom. The van der Waals surface area contributed by atoms with E-state index in [4.69, 9.17) is 10.5 Å². The average molecular weight is 280 g/mol. The van der Waals surface area contributed by atoms with E-state index in [-0.39, 0.29) is 6.04 Å². The number of benzene rings is 1. The number of rotatable bonds is 8. The molecule has 1 rings (SSSR count). The van der Waals surface area contributed by atoms with Crippen molar-refractivity contribution in [2.45, 2.75) is 31.8 Å². The fourth-order valence-electron chi connectivity index (χ4n) is 2.30. The number of hydrogen-bond acceptors (Lipinski definition) is 4. The van der Waals surface area contributed by atoms with E-state index < -0.39 is 12.0 Å². The highest BCUT2D eigenvalue weighted by molar-refractivity contribution is 5.73. The van der Waals surface area contributed by atoms with Gasteiger partial charge in [-0.05, 0) is 45.0 Å². The Balaban J connectivity index is 2.78. The molecule has 20 heavy (non-hydrogen) atoms. The van der Waals surface area contributed by atoms with Crippen LogP contribution >= 0.6 is 0 Å². The molecule has 0 radical (unpaired) electrons. The lowest BCUT2D eigenvalue weighted by atomic mass is 10.0. The topological polar surface area (TPSA) is 75.8 Å². The van der Waals surface area contributed by atoms with Crippen molar-refractivity contribution in [1.29, 1.82) is 0 Å². The highest BCUT2D eigenvalue weighted by atomic mass is 16.5. The molecule has 0 spiro atoms. The van der Waals surface area contributed by atoms with Gasteiger partial charge in [0.15, 0.2) is 0 Å². The molecule has 0 aromatic heterocycles. The van der Waals surface area contributed by atoms with Crippen molar-refractivity contribution in [1.82, 2.24) is 4.90 Å². The second kappa shape index (κ2) is 7.87. The Hall–Kier alpha value is -1.59. The van der Waals surface area contributed by atoms with E-state index >= 15 is 0 Å². The van der Waals surface area contributed by atoms with Crippen molar-refractivity contribution >= 4 is 5.97 Å². The van der Waals surface area contributed by atoms with E-state index in [1.165, 1.54) is 0 Å². The van der Waals surface area contributed by atoms with Crippen molar-refractivity contribution < 1.29 is 14.6 Å². The number of nitrogens with two attached hydrogens (primary N) is 1. The molecule has 112 valence electrons. The summed E-state index contributed by atoms with van der Waals surface area (Å²) in [5.41, 5.74) is 6.57. The summed E-state index contributed by atoms with van der Waals surface area (Å²) in [5.74, 6) is 0.00303. The lowest BCUT2D eigenvalue weighted by Gasteiger charge is -2.30. The molecule has 0 bridgehead atoms. The van der Waals surface area contributed by atoms with Gasteiger partial charge in [-0.15, -0.1) is 0 Å². The first-order chi connectivity index (χ1) is 9.51. The second-order valence-electron chi connectivity index (χ2n) is 4.96. The van der Waals surface area contributed by atoms with Crippen LogP contribution in [0.5, 0.6) is 5.75 Å². The van der Waals surface area contributed by atoms with Gasteiger partial charge in [-0.3, -0.25) is 9.69 Å². The standard InChI is InChI=1S/C15H24N2O3/c1-11(17(2)13(8-9-16)15(18)19)10-12-6-4-5-7-14(12)20-3/h4-7,11,13H,8-10,16H2,1-3H3,(H,18,19). The number of aliphatic carboxylic acids is 1. The van der Waals surface area contributed by atoms with Crippen LogP contribution in [0.4, 0.5) is 0 Å². The molecule has 2 unspecified atom stereocenters. The van der Waals surface area contributed by atoms with Crippen LogP contribution in [0, 0.1) is 0 Å². The van der Waals surface area contributed by atoms with Gasteiger partial charge in [-0.2, -0.15) is 0 Å². The molecule has 2 atom stereocenters. The Kier molecular flexibility index (Phi) is 6.48. The molecule has 1 aromatic rings. The lowest BCUT2D eigenvalue weighted by molar-refractivity contribution is -0.143. The summed E-state index contributed by atoms with van der Waals surface area (Å²) in [4.78, 5) is 13.2. The van der Waals surface area contributed by atoms with Gasteiger partial charge < -0.3 is 15.6 Å². The van der Waals surface area contributed by atoms with Crippen molar-refractivity contribution in [3.05, 3.63) is 29.8 Å². The summed E-state index contributed by atoms with van der Waals surface area (Å²) in [5, 5.41) is 9.27. The van der Waals surface area contributed by atoms with E-state index in [1.807, 2.05) is 43.1 Å². The predicted molar refractivity (Wildman–Crippen MR) is 79.0 cm³/mol. The molecular weight excluding hydrogens is 256 g/mol. The molecule has 0 heterocycles. The van der Waals surface area contributed by atoms with Crippen LogP contribution in [0.15, 0.2) is 24.3 Å². The Morgan fingerprint density at radius 3 is 2.65 bits per heavy atom. The molecule has 1 aromatic carbocycles. The zero-order chi connectivity index (χ0) is 15.1. The average Bonchev–Trinajstić information content (AvgIpc) is 2.44. The number of carbonyl (C=O) groups is 1. The quantitative estimate of drug-likeness (QED) is 0.752. The van der Waals surface area contributed by atoms with Crippen LogP contribution in [0.1, 0.15) is 18.9 Å². The number of carboxylic acid groups (broad SMARTS) is 1. The van der Waals surface area contributed by atoms with Crippen LogP contribution < -0.4 is 10.5 Å². The van der Waals surface area contributed by atoms with Gasteiger partial charge in [0.1, 0.15) is 11.8 Å². The number of likely N-dealkylation sites (N-methyl/N-ethyl adjacent to an activating group) is 1. The molecule has 0 amide bonds. The summed E-state index contributed by atoms with van der Waals surface area (Å²) in [6.07, 6.45) is 1.18. The molecule has 0 aliphatic heterocycles. The number of carboxylic acids is 1. The maximum Gasteiger partial charge on any atom is 0.320 e. The highest BCUT2D eigenvalue weighted by Crippen LogP contribution is 2.21. The van der Waals surface area contributed by atoms with Crippen LogP contribution in [0.25, 0.3) is 0 Å². The second-order valence-corrected chi connectivity index (χ2v) is 4.96. The van der Waals surface area contributed by atoms with Gasteiger partial charge in [-0.1, -0.05) is 18.2 Å². The minimum absolute atomic E-state index is 0.0824. The summed E-state index contributed by atoms with van der Waals surface area (Å²) < 4.78 is 5.33. The van der Waals surface area contributed by atoms with Crippen molar-refractivity contribution in [2.24, 2.45) is 5.73 Å². The molecule has 0 aliphatic rings. The van der Waals surface area contributed by atoms with Crippen LogP contribution in [0.2, 0.25) is 0 Å². The largest absolute Gasteiger partial charge is 0.496 e. The van der Waals surface area contributed by atoms with Crippen molar-refractivity contribution in [3.63, 3.8) is 0 Å². The maximum atomic E-state index is 11.3. The van der Waals surface area contributed by atoms with Gasteiger partial charge in [0.05, 0.1) is 7.11 Å². The Labute approximate surface area is 120 Å². The minimum atomic E-state index is -0.829. The minimum Gasteiger partial charge on any atom is -0.496 e. The Morgan fingerprint density at radius 1 is 1.45 bits per heavy atom. The van der Waals surface area contributed by atoms with Crippen molar-refractivity contribution in [2.75, 3.05) is 20.7 Å². The van der Waals surface area contributed by atoms with Crippen LogP contribution in [-0.2, 0) is 11.2 Å². The summed E-state index contributed by atoms with van der Waals surface area (Å²) in [7, 11) is 3.47. The summed E-state index contributed by atoms with van der Waals surface area (Å²) >= 11 is 0. The lowest BCUT2D eigenvalue weighted by Crippen LogP contribution is -2.45. The third-order valence-corrected chi connectivity index (χ3v) is 3.62. The zero-order valence-electron chi connectivity index (χ0n) is 12.4. The molecule has 5 heteroatoms. The van der Waals surface area contributed by atoms with Gasteiger partial charge >= 0.3 is 5.97 Å². The number of methoxy groups -OCH3 is 1. The van der Waals surface area contributed by atoms with Gasteiger partial charge in [0, 0.05) is 6.04 Å². The molecule has 0 aliphatic carbocycles. The highest BCUT2D eigenvalue weighted by Gasteiger charge is 2.25. The number of nitrogens with zero attached hydrogens (tertiary/aromatic N) is 1. The zero-order valence-corrected chi connectivity index (χ0v) is 12.4.